The average molecular weight is 190 g/mol. The van der Waals surface area contributed by atoms with Crippen LogP contribution in [-0.4, -0.2) is 19.1 Å². The van der Waals surface area contributed by atoms with Crippen LogP contribution in [0.1, 0.15) is 24.1 Å². The molecule has 1 aliphatic heterocycles. The molecule has 1 aromatic carbocycles. The molecule has 2 heteroatoms. The Kier molecular flexibility index (Phi) is 2.85. The maximum absolute atomic E-state index is 3.54. The van der Waals surface area contributed by atoms with Crippen molar-refractivity contribution in [3.05, 3.63) is 35.4 Å². The van der Waals surface area contributed by atoms with Crippen LogP contribution in [0.15, 0.2) is 24.3 Å². The number of hydrogen-bond acceptors (Lipinski definition) is 2. The molecular formula is C12H18N2. The highest BCUT2D eigenvalue weighted by atomic mass is 15.1. The lowest BCUT2D eigenvalue weighted by atomic mass is 9.98. The Morgan fingerprint density at radius 2 is 1.71 bits per heavy atom. The first-order valence-electron chi connectivity index (χ1n) is 5.31. The zero-order valence-corrected chi connectivity index (χ0v) is 8.88. The van der Waals surface area contributed by atoms with Crippen LogP contribution in [0.3, 0.4) is 0 Å². The summed E-state index contributed by atoms with van der Waals surface area (Å²) in [6, 6.07) is 9.78. The molecule has 0 bridgehead atoms. The summed E-state index contributed by atoms with van der Waals surface area (Å²) in [5, 5.41) is 7.02. The minimum Gasteiger partial charge on any atom is -0.311 e. The van der Waals surface area contributed by atoms with Crippen molar-refractivity contribution in [2.24, 2.45) is 0 Å². The molecule has 0 spiro atoms. The summed E-state index contributed by atoms with van der Waals surface area (Å²) in [7, 11) is 0. The van der Waals surface area contributed by atoms with E-state index in [2.05, 4.69) is 48.7 Å². The Balaban J connectivity index is 2.16. The summed E-state index contributed by atoms with van der Waals surface area (Å²) in [5.41, 5.74) is 2.71. The van der Waals surface area contributed by atoms with Gasteiger partial charge in [0.1, 0.15) is 0 Å². The van der Waals surface area contributed by atoms with E-state index in [9.17, 15) is 0 Å². The van der Waals surface area contributed by atoms with Gasteiger partial charge in [-0.25, -0.2) is 0 Å². The molecule has 14 heavy (non-hydrogen) atoms. The largest absolute Gasteiger partial charge is 0.311 e. The smallest absolute Gasteiger partial charge is 0.0473 e. The van der Waals surface area contributed by atoms with Gasteiger partial charge in [0.05, 0.1) is 0 Å². The van der Waals surface area contributed by atoms with Gasteiger partial charge < -0.3 is 10.6 Å². The van der Waals surface area contributed by atoms with Gasteiger partial charge in [-0.3, -0.25) is 0 Å². The monoisotopic (exact) mass is 190 g/mol. The molecule has 2 N–H and O–H groups in total. The SMILES string of the molecule is Cc1ccc([C@@H]2NCCN[C@H]2C)cc1. The summed E-state index contributed by atoms with van der Waals surface area (Å²) in [6.07, 6.45) is 0. The van der Waals surface area contributed by atoms with E-state index in [0.717, 1.165) is 13.1 Å². The van der Waals surface area contributed by atoms with Gasteiger partial charge in [-0.1, -0.05) is 29.8 Å². The van der Waals surface area contributed by atoms with Crippen molar-refractivity contribution in [2.75, 3.05) is 13.1 Å². The highest BCUT2D eigenvalue weighted by Gasteiger charge is 2.21. The van der Waals surface area contributed by atoms with Crippen LogP contribution in [0.4, 0.5) is 0 Å². The second-order valence-corrected chi connectivity index (χ2v) is 4.09. The van der Waals surface area contributed by atoms with Crippen molar-refractivity contribution in [3.63, 3.8) is 0 Å². The number of nitrogens with one attached hydrogen (secondary N) is 2. The van der Waals surface area contributed by atoms with E-state index < -0.39 is 0 Å². The van der Waals surface area contributed by atoms with E-state index in [0.29, 0.717) is 12.1 Å². The van der Waals surface area contributed by atoms with E-state index in [1.807, 2.05) is 0 Å². The molecule has 0 unspecified atom stereocenters. The van der Waals surface area contributed by atoms with E-state index in [1.54, 1.807) is 0 Å². The molecule has 2 rings (SSSR count). The predicted octanol–water partition coefficient (Wildman–Crippen LogP) is 1.62. The third-order valence-corrected chi connectivity index (χ3v) is 2.89. The number of hydrogen-bond donors (Lipinski definition) is 2. The maximum Gasteiger partial charge on any atom is 0.0473 e. The van der Waals surface area contributed by atoms with Crippen LogP contribution in [0.25, 0.3) is 0 Å². The van der Waals surface area contributed by atoms with Crippen molar-refractivity contribution >= 4 is 0 Å². The van der Waals surface area contributed by atoms with Crippen LogP contribution >= 0.6 is 0 Å². The van der Waals surface area contributed by atoms with Gasteiger partial charge in [0.2, 0.25) is 0 Å². The summed E-state index contributed by atoms with van der Waals surface area (Å²) in [5.74, 6) is 0. The molecule has 1 aliphatic rings. The third kappa shape index (κ3) is 1.97. The lowest BCUT2D eigenvalue weighted by Gasteiger charge is -2.31. The van der Waals surface area contributed by atoms with Gasteiger partial charge in [-0.05, 0) is 19.4 Å². The van der Waals surface area contributed by atoms with E-state index in [4.69, 9.17) is 0 Å². The van der Waals surface area contributed by atoms with Gasteiger partial charge in [0.25, 0.3) is 0 Å². The number of rotatable bonds is 1. The molecular weight excluding hydrogens is 172 g/mol. The van der Waals surface area contributed by atoms with Gasteiger partial charge >= 0.3 is 0 Å². The zero-order valence-electron chi connectivity index (χ0n) is 8.88. The molecule has 76 valence electrons. The van der Waals surface area contributed by atoms with E-state index in [-0.39, 0.29) is 0 Å². The van der Waals surface area contributed by atoms with E-state index >= 15 is 0 Å². The molecule has 1 aromatic rings. The molecule has 2 nitrogen and oxygen atoms in total. The zero-order chi connectivity index (χ0) is 9.97. The van der Waals surface area contributed by atoms with Gasteiger partial charge in [-0.2, -0.15) is 0 Å². The van der Waals surface area contributed by atoms with Crippen LogP contribution in [0.2, 0.25) is 0 Å². The van der Waals surface area contributed by atoms with Crippen LogP contribution in [0, 0.1) is 6.92 Å². The third-order valence-electron chi connectivity index (χ3n) is 2.89. The predicted molar refractivity (Wildman–Crippen MR) is 59.4 cm³/mol. The molecule has 0 aliphatic carbocycles. The minimum atomic E-state index is 0.462. The average Bonchev–Trinajstić information content (AvgIpc) is 2.20. The van der Waals surface area contributed by atoms with Crippen molar-refractivity contribution in [1.29, 1.82) is 0 Å². The Bertz CT molecular complexity index is 292. The fraction of sp³-hybridized carbons (Fsp3) is 0.500. The molecule has 1 saturated heterocycles. The number of aryl methyl sites for hydroxylation is 1. The molecule has 0 aromatic heterocycles. The van der Waals surface area contributed by atoms with Gasteiger partial charge in [-0.15, -0.1) is 0 Å². The topological polar surface area (TPSA) is 24.1 Å². The summed E-state index contributed by atoms with van der Waals surface area (Å²) < 4.78 is 0. The first-order valence-corrected chi connectivity index (χ1v) is 5.31. The normalized spacial score (nSPS) is 27.6. The highest BCUT2D eigenvalue weighted by molar-refractivity contribution is 5.25. The summed E-state index contributed by atoms with van der Waals surface area (Å²) >= 11 is 0. The Morgan fingerprint density at radius 1 is 1.07 bits per heavy atom. The fourth-order valence-corrected chi connectivity index (χ4v) is 2.00. The minimum absolute atomic E-state index is 0.462. The van der Waals surface area contributed by atoms with Crippen LogP contribution in [0.5, 0.6) is 0 Å². The maximum atomic E-state index is 3.54. The molecule has 0 radical (unpaired) electrons. The quantitative estimate of drug-likeness (QED) is 0.703. The number of piperazine rings is 1. The fourth-order valence-electron chi connectivity index (χ4n) is 2.00. The lowest BCUT2D eigenvalue weighted by Crippen LogP contribution is -2.48. The second-order valence-electron chi connectivity index (χ2n) is 4.09. The first-order chi connectivity index (χ1) is 6.77. The molecule has 0 amide bonds. The summed E-state index contributed by atoms with van der Waals surface area (Å²) in [4.78, 5) is 0. The Morgan fingerprint density at radius 3 is 2.36 bits per heavy atom. The van der Waals surface area contributed by atoms with Crippen LogP contribution < -0.4 is 10.6 Å². The van der Waals surface area contributed by atoms with Crippen molar-refractivity contribution in [3.8, 4) is 0 Å². The Hall–Kier alpha value is -0.860. The van der Waals surface area contributed by atoms with Crippen molar-refractivity contribution in [1.82, 2.24) is 10.6 Å². The molecule has 0 saturated carbocycles. The van der Waals surface area contributed by atoms with E-state index in [1.165, 1.54) is 11.1 Å². The first kappa shape index (κ1) is 9.69. The van der Waals surface area contributed by atoms with Crippen molar-refractivity contribution < 1.29 is 0 Å². The number of benzene rings is 1. The van der Waals surface area contributed by atoms with Gasteiger partial charge in [0, 0.05) is 25.2 Å². The molecule has 2 atom stereocenters. The molecule has 1 heterocycles. The Labute approximate surface area is 85.7 Å². The van der Waals surface area contributed by atoms with Gasteiger partial charge in [0.15, 0.2) is 0 Å². The summed E-state index contributed by atoms with van der Waals surface area (Å²) in [6.45, 7) is 6.49. The van der Waals surface area contributed by atoms with Crippen LogP contribution in [-0.2, 0) is 0 Å². The highest BCUT2D eigenvalue weighted by Crippen LogP contribution is 2.18. The molecule has 1 fully saturated rings. The second kappa shape index (κ2) is 4.11. The lowest BCUT2D eigenvalue weighted by molar-refractivity contribution is 0.345. The standard InChI is InChI=1S/C12H18N2/c1-9-3-5-11(6-4-9)12-10(2)13-7-8-14-12/h3-6,10,12-14H,7-8H2,1-2H3/t10-,12+/m0/s1. The van der Waals surface area contributed by atoms with Crippen molar-refractivity contribution in [2.45, 2.75) is 25.9 Å².